The minimum atomic E-state index is -1.22. The molecule has 0 aliphatic heterocycles. The van der Waals surface area contributed by atoms with Gasteiger partial charge in [0.15, 0.2) is 0 Å². The molecule has 0 radical (unpaired) electrons. The van der Waals surface area contributed by atoms with Crippen LogP contribution in [0.2, 0.25) is 0 Å². The first-order chi connectivity index (χ1) is 16.0. The van der Waals surface area contributed by atoms with Crippen LogP contribution in [-0.4, -0.2) is 34.1 Å². The van der Waals surface area contributed by atoms with E-state index in [4.69, 9.17) is 10.2 Å². The van der Waals surface area contributed by atoms with Gasteiger partial charge in [-0.25, -0.2) is 4.79 Å². The van der Waals surface area contributed by atoms with E-state index in [1.165, 1.54) is 0 Å². The molecule has 0 fully saturated rings. The Morgan fingerprint density at radius 1 is 0.667 bits per heavy atom. The third-order valence-corrected chi connectivity index (χ3v) is 4.41. The molecule has 0 aliphatic carbocycles. The number of rotatable bonds is 19. The Kier molecular flexibility index (Phi) is 20.0. The van der Waals surface area contributed by atoms with E-state index >= 15 is 0 Å². The normalized spacial score (nSPS) is 13.4. The van der Waals surface area contributed by atoms with Gasteiger partial charge < -0.3 is 15.5 Å². The summed E-state index contributed by atoms with van der Waals surface area (Å²) >= 11 is 0. The van der Waals surface area contributed by atoms with Crippen LogP contribution in [0.25, 0.3) is 0 Å². The van der Waals surface area contributed by atoms with Crippen molar-refractivity contribution in [3.05, 3.63) is 72.9 Å². The highest BCUT2D eigenvalue weighted by molar-refractivity contribution is 5.84. The van der Waals surface area contributed by atoms with Crippen molar-refractivity contribution in [2.45, 2.75) is 77.2 Å². The Hall–Kier alpha value is -3.15. The largest absolute Gasteiger partial charge is 0.481 e. The fourth-order valence-corrected chi connectivity index (χ4v) is 2.65. The van der Waals surface area contributed by atoms with Gasteiger partial charge in [-0.05, 0) is 51.4 Å². The van der Waals surface area contributed by atoms with Gasteiger partial charge in [0.25, 0.3) is 0 Å². The Morgan fingerprint density at radius 2 is 1.09 bits per heavy atom. The molecule has 0 rings (SSSR count). The maximum absolute atomic E-state index is 11.8. The molecule has 182 valence electrons. The van der Waals surface area contributed by atoms with Gasteiger partial charge in [-0.3, -0.25) is 9.59 Å². The highest BCUT2D eigenvalue weighted by Gasteiger charge is 2.20. The van der Waals surface area contributed by atoms with Crippen LogP contribution in [0.15, 0.2) is 72.9 Å². The van der Waals surface area contributed by atoms with Gasteiger partial charge in [-0.2, -0.15) is 0 Å². The van der Waals surface area contributed by atoms with Crippen LogP contribution in [0.5, 0.6) is 0 Å². The predicted octanol–water partition coefficient (Wildman–Crippen LogP) is 5.90. The summed E-state index contributed by atoms with van der Waals surface area (Å²) in [5.74, 6) is -2.71. The quantitative estimate of drug-likeness (QED) is 0.210. The first-order valence-electron chi connectivity index (χ1n) is 11.6. The molecule has 1 unspecified atom stereocenters. The number of hydrogen-bond donors (Lipinski definition) is 3. The lowest BCUT2D eigenvalue weighted by molar-refractivity contribution is -0.143. The van der Waals surface area contributed by atoms with E-state index in [0.717, 1.165) is 38.5 Å². The first-order valence-corrected chi connectivity index (χ1v) is 11.6. The molecule has 0 aromatic carbocycles. The second kappa shape index (κ2) is 22.1. The first kappa shape index (κ1) is 29.9. The third-order valence-electron chi connectivity index (χ3n) is 4.41. The molecule has 0 aromatic rings. The van der Waals surface area contributed by atoms with Crippen molar-refractivity contribution in [1.82, 2.24) is 5.32 Å². The van der Waals surface area contributed by atoms with Gasteiger partial charge in [0.05, 0.1) is 0 Å². The average molecular weight is 458 g/mol. The van der Waals surface area contributed by atoms with Crippen molar-refractivity contribution < 1.29 is 24.6 Å². The smallest absolute Gasteiger partial charge is 0.326 e. The zero-order valence-electron chi connectivity index (χ0n) is 19.7. The molecule has 0 bridgehead atoms. The fourth-order valence-electron chi connectivity index (χ4n) is 2.65. The number of hydrogen-bond acceptors (Lipinski definition) is 3. The third kappa shape index (κ3) is 21.9. The summed E-state index contributed by atoms with van der Waals surface area (Å²) in [6.45, 7) is 2.13. The fraction of sp³-hybridized carbons (Fsp3) is 0.444. The van der Waals surface area contributed by atoms with E-state index in [-0.39, 0.29) is 19.3 Å². The van der Waals surface area contributed by atoms with E-state index in [9.17, 15) is 14.4 Å². The molecule has 6 nitrogen and oxygen atoms in total. The molecule has 0 saturated heterocycles. The summed E-state index contributed by atoms with van der Waals surface area (Å²) in [5, 5.41) is 20.0. The van der Waals surface area contributed by atoms with Gasteiger partial charge in [0, 0.05) is 12.8 Å². The number of nitrogens with one attached hydrogen (secondary N) is 1. The van der Waals surface area contributed by atoms with Crippen LogP contribution >= 0.6 is 0 Å². The lowest BCUT2D eigenvalue weighted by atomic mass is 10.1. The van der Waals surface area contributed by atoms with Crippen molar-refractivity contribution >= 4 is 17.8 Å². The topological polar surface area (TPSA) is 104 Å². The highest BCUT2D eigenvalue weighted by Crippen LogP contribution is 2.01. The standard InChI is InChI=1S/C27H39NO5/c1-2-3-4-5-6-7-8-9-10-11-12-13-14-15-16-17-18-19-20-21-25(29)28-24(27(32)33)22-23-26(30)31/h3-4,6-7,9-10,12-13,15-16,18-19,24H,2,5,8,11,14,17,20-23H2,1H3,(H,28,29)(H,30,31)(H,32,33)/b4-3+,7-6+,10-9+,13-12+,16-15+,19-18+. The zero-order valence-corrected chi connectivity index (χ0v) is 19.7. The van der Waals surface area contributed by atoms with Crippen LogP contribution in [0.3, 0.4) is 0 Å². The van der Waals surface area contributed by atoms with E-state index in [0.29, 0.717) is 6.42 Å². The second-order valence-corrected chi connectivity index (χ2v) is 7.34. The molecule has 0 aromatic heterocycles. The van der Waals surface area contributed by atoms with E-state index in [1.54, 1.807) is 0 Å². The Labute approximate surface area is 198 Å². The Balaban J connectivity index is 3.82. The minimum Gasteiger partial charge on any atom is -0.481 e. The van der Waals surface area contributed by atoms with Gasteiger partial charge in [0.1, 0.15) is 6.04 Å². The maximum atomic E-state index is 11.8. The summed E-state index contributed by atoms with van der Waals surface area (Å²) in [7, 11) is 0. The molecule has 3 N–H and O–H groups in total. The molecule has 0 heterocycles. The number of allylic oxidation sites excluding steroid dienone is 12. The van der Waals surface area contributed by atoms with Crippen molar-refractivity contribution in [2.75, 3.05) is 0 Å². The summed E-state index contributed by atoms with van der Waals surface area (Å²) < 4.78 is 0. The predicted molar refractivity (Wildman–Crippen MR) is 134 cm³/mol. The summed E-state index contributed by atoms with van der Waals surface area (Å²) in [4.78, 5) is 33.4. The van der Waals surface area contributed by atoms with E-state index < -0.39 is 23.9 Å². The van der Waals surface area contributed by atoms with Crippen LogP contribution in [0, 0.1) is 0 Å². The van der Waals surface area contributed by atoms with Gasteiger partial charge >= 0.3 is 11.9 Å². The van der Waals surface area contributed by atoms with Crippen LogP contribution in [-0.2, 0) is 14.4 Å². The van der Waals surface area contributed by atoms with Gasteiger partial charge in [-0.15, -0.1) is 0 Å². The van der Waals surface area contributed by atoms with E-state index in [1.807, 2.05) is 12.2 Å². The summed E-state index contributed by atoms with van der Waals surface area (Å²) in [6.07, 6.45) is 31.2. The molecule has 1 atom stereocenters. The molecule has 0 aliphatic rings. The van der Waals surface area contributed by atoms with Crippen molar-refractivity contribution in [2.24, 2.45) is 0 Å². The number of carbonyl (C=O) groups excluding carboxylic acids is 1. The monoisotopic (exact) mass is 457 g/mol. The van der Waals surface area contributed by atoms with Crippen molar-refractivity contribution in [3.63, 3.8) is 0 Å². The van der Waals surface area contributed by atoms with Crippen molar-refractivity contribution in [3.8, 4) is 0 Å². The number of carbonyl (C=O) groups is 3. The van der Waals surface area contributed by atoms with Crippen molar-refractivity contribution in [1.29, 1.82) is 0 Å². The number of carboxylic acids is 2. The molecular formula is C27H39NO5. The maximum Gasteiger partial charge on any atom is 0.326 e. The number of carboxylic acid groups (broad SMARTS) is 2. The van der Waals surface area contributed by atoms with Crippen LogP contribution in [0.4, 0.5) is 0 Å². The lowest BCUT2D eigenvalue weighted by Gasteiger charge is -2.12. The summed E-state index contributed by atoms with van der Waals surface area (Å²) in [6, 6.07) is -1.17. The van der Waals surface area contributed by atoms with Gasteiger partial charge in [-0.1, -0.05) is 79.8 Å². The van der Waals surface area contributed by atoms with Crippen LogP contribution < -0.4 is 5.32 Å². The van der Waals surface area contributed by atoms with E-state index in [2.05, 4.69) is 73.0 Å². The molecule has 6 heteroatoms. The lowest BCUT2D eigenvalue weighted by Crippen LogP contribution is -2.40. The molecule has 1 amide bonds. The molecular weight excluding hydrogens is 418 g/mol. The van der Waals surface area contributed by atoms with Crippen LogP contribution in [0.1, 0.15) is 71.1 Å². The Bertz CT molecular complexity index is 729. The SMILES string of the molecule is CC/C=C/C/C=C/C/C=C/C/C=C/C/C=C/C/C=C/CCC(=O)NC(CCC(=O)O)C(=O)O. The second-order valence-electron chi connectivity index (χ2n) is 7.34. The molecule has 0 spiro atoms. The minimum absolute atomic E-state index is 0.129. The zero-order chi connectivity index (χ0) is 24.6. The Morgan fingerprint density at radius 3 is 1.48 bits per heavy atom. The number of amides is 1. The molecule has 0 saturated carbocycles. The molecule has 33 heavy (non-hydrogen) atoms. The van der Waals surface area contributed by atoms with Gasteiger partial charge in [0.2, 0.25) is 5.91 Å². The highest BCUT2D eigenvalue weighted by atomic mass is 16.4. The number of aliphatic carboxylic acids is 2. The summed E-state index contributed by atoms with van der Waals surface area (Å²) in [5.41, 5.74) is 0. The average Bonchev–Trinajstić information content (AvgIpc) is 2.77.